The van der Waals surface area contributed by atoms with Crippen LogP contribution in [0.1, 0.15) is 32.8 Å². The minimum atomic E-state index is -0.759. The van der Waals surface area contributed by atoms with Crippen molar-refractivity contribution in [1.29, 1.82) is 0 Å². The lowest BCUT2D eigenvalue weighted by Crippen LogP contribution is -2.57. The molecule has 0 bridgehead atoms. The molecule has 4 heteroatoms. The molecule has 0 radical (unpaired) electrons. The van der Waals surface area contributed by atoms with Crippen LogP contribution in [0.5, 0.6) is 0 Å². The third-order valence-corrected chi connectivity index (χ3v) is 4.21. The van der Waals surface area contributed by atoms with Gasteiger partial charge in [0.1, 0.15) is 0 Å². The molecule has 2 nitrogen and oxygen atoms in total. The van der Waals surface area contributed by atoms with Crippen molar-refractivity contribution in [3.8, 4) is 0 Å². The summed E-state index contributed by atoms with van der Waals surface area (Å²) in [4.78, 5) is 2.28. The fourth-order valence-electron chi connectivity index (χ4n) is 2.90. The van der Waals surface area contributed by atoms with Crippen molar-refractivity contribution in [1.82, 2.24) is 10.2 Å². The second-order valence-corrected chi connectivity index (χ2v) is 5.97. The number of hydrogen-bond donors (Lipinski definition) is 1. The molecule has 1 aliphatic heterocycles. The normalized spacial score (nSPS) is 24.3. The molecule has 2 unspecified atom stereocenters. The first-order chi connectivity index (χ1) is 9.52. The minimum Gasteiger partial charge on any atom is -0.311 e. The lowest BCUT2D eigenvalue weighted by atomic mass is 9.97. The molecule has 2 rings (SSSR count). The summed E-state index contributed by atoms with van der Waals surface area (Å²) in [6.45, 7) is 8.77. The predicted octanol–water partition coefficient (Wildman–Crippen LogP) is 3.17. The van der Waals surface area contributed by atoms with Crippen molar-refractivity contribution in [2.24, 2.45) is 5.92 Å². The Kier molecular flexibility index (Phi) is 5.11. The smallest absolute Gasteiger partial charge is 0.163 e. The molecule has 1 saturated heterocycles. The van der Waals surface area contributed by atoms with Crippen molar-refractivity contribution in [3.63, 3.8) is 0 Å². The molecule has 0 spiro atoms. The second kappa shape index (κ2) is 6.64. The Morgan fingerprint density at radius 3 is 2.75 bits per heavy atom. The van der Waals surface area contributed by atoms with Crippen molar-refractivity contribution in [2.75, 3.05) is 13.1 Å². The quantitative estimate of drug-likeness (QED) is 0.912. The Morgan fingerprint density at radius 2 is 2.10 bits per heavy atom. The molecule has 1 aromatic carbocycles. The molecule has 1 aromatic rings. The van der Waals surface area contributed by atoms with Crippen molar-refractivity contribution in [3.05, 3.63) is 35.4 Å². The lowest BCUT2D eigenvalue weighted by Gasteiger charge is -2.42. The third-order valence-electron chi connectivity index (χ3n) is 4.21. The highest BCUT2D eigenvalue weighted by molar-refractivity contribution is 5.19. The Hall–Kier alpha value is -1.00. The Bertz CT molecular complexity index is 448. The molecule has 0 aliphatic carbocycles. The van der Waals surface area contributed by atoms with E-state index in [-0.39, 0.29) is 0 Å². The van der Waals surface area contributed by atoms with Crippen LogP contribution in [0.4, 0.5) is 8.78 Å². The van der Waals surface area contributed by atoms with Gasteiger partial charge in [0, 0.05) is 37.3 Å². The topological polar surface area (TPSA) is 15.3 Å². The average Bonchev–Trinajstić information content (AvgIpc) is 2.43. The summed E-state index contributed by atoms with van der Waals surface area (Å²) in [5.74, 6) is -0.982. The fraction of sp³-hybridized carbons (Fsp3) is 0.625. The Morgan fingerprint density at radius 1 is 1.35 bits per heavy atom. The Balaban J connectivity index is 2.16. The maximum atomic E-state index is 13.8. The maximum Gasteiger partial charge on any atom is 0.163 e. The molecule has 0 aromatic heterocycles. The van der Waals surface area contributed by atoms with Crippen LogP contribution < -0.4 is 5.32 Å². The van der Waals surface area contributed by atoms with Crippen LogP contribution in [-0.4, -0.2) is 30.1 Å². The number of piperazine rings is 1. The maximum absolute atomic E-state index is 13.8. The number of halogens is 2. The van der Waals surface area contributed by atoms with Gasteiger partial charge in [0.05, 0.1) is 0 Å². The monoisotopic (exact) mass is 282 g/mol. The standard InChI is InChI=1S/C16H24F2N2/c1-4-13-10-20(15(8-19-13)11(2)3)9-12-6-5-7-14(17)16(12)18/h5-7,11,13,15,19H,4,8-10H2,1-3H3. The lowest BCUT2D eigenvalue weighted by molar-refractivity contribution is 0.0887. The molecule has 0 amide bonds. The highest BCUT2D eigenvalue weighted by atomic mass is 19.2. The van der Waals surface area contributed by atoms with E-state index in [0.717, 1.165) is 19.5 Å². The first-order valence-corrected chi connectivity index (χ1v) is 7.43. The summed E-state index contributed by atoms with van der Waals surface area (Å²) in [5.41, 5.74) is 0.451. The number of nitrogens with one attached hydrogen (secondary N) is 1. The van der Waals surface area contributed by atoms with Gasteiger partial charge in [-0.2, -0.15) is 0 Å². The van der Waals surface area contributed by atoms with E-state index in [1.165, 1.54) is 6.07 Å². The van der Waals surface area contributed by atoms with E-state index in [2.05, 4.69) is 31.0 Å². The number of nitrogens with zero attached hydrogens (tertiary/aromatic N) is 1. The van der Waals surface area contributed by atoms with Crippen LogP contribution in [0.25, 0.3) is 0 Å². The highest BCUT2D eigenvalue weighted by Crippen LogP contribution is 2.21. The molecule has 0 saturated carbocycles. The summed E-state index contributed by atoms with van der Waals surface area (Å²) in [6.07, 6.45) is 1.05. The van der Waals surface area contributed by atoms with Crippen molar-refractivity contribution >= 4 is 0 Å². The van der Waals surface area contributed by atoms with Crippen LogP contribution in [0.2, 0.25) is 0 Å². The molecule has 1 heterocycles. The van der Waals surface area contributed by atoms with Crippen LogP contribution in [0.3, 0.4) is 0 Å². The highest BCUT2D eigenvalue weighted by Gasteiger charge is 2.29. The summed E-state index contributed by atoms with van der Waals surface area (Å²) in [5, 5.41) is 3.53. The van der Waals surface area contributed by atoms with E-state index < -0.39 is 11.6 Å². The molecule has 20 heavy (non-hydrogen) atoms. The van der Waals surface area contributed by atoms with Gasteiger partial charge in [-0.25, -0.2) is 8.78 Å². The molecular formula is C16H24F2N2. The first kappa shape index (κ1) is 15.4. The average molecular weight is 282 g/mol. The number of hydrogen-bond acceptors (Lipinski definition) is 2. The van der Waals surface area contributed by atoms with E-state index in [1.807, 2.05) is 0 Å². The van der Waals surface area contributed by atoms with Gasteiger partial charge in [0.2, 0.25) is 0 Å². The predicted molar refractivity (Wildman–Crippen MR) is 77.5 cm³/mol. The zero-order chi connectivity index (χ0) is 14.7. The molecule has 2 atom stereocenters. The third kappa shape index (κ3) is 3.36. The number of rotatable bonds is 4. The van der Waals surface area contributed by atoms with Gasteiger partial charge in [-0.15, -0.1) is 0 Å². The fourth-order valence-corrected chi connectivity index (χ4v) is 2.90. The zero-order valence-corrected chi connectivity index (χ0v) is 12.5. The van der Waals surface area contributed by atoms with E-state index in [4.69, 9.17) is 0 Å². The second-order valence-electron chi connectivity index (χ2n) is 5.97. The Labute approximate surface area is 120 Å². The summed E-state index contributed by atoms with van der Waals surface area (Å²) >= 11 is 0. The van der Waals surface area contributed by atoms with Gasteiger partial charge in [-0.05, 0) is 18.4 Å². The molecule has 1 aliphatic rings. The summed E-state index contributed by atoms with van der Waals surface area (Å²) < 4.78 is 27.2. The van der Waals surface area contributed by atoms with Gasteiger partial charge in [-0.3, -0.25) is 4.90 Å². The van der Waals surface area contributed by atoms with Gasteiger partial charge < -0.3 is 5.32 Å². The van der Waals surface area contributed by atoms with Crippen LogP contribution >= 0.6 is 0 Å². The summed E-state index contributed by atoms with van der Waals surface area (Å²) in [7, 11) is 0. The van der Waals surface area contributed by atoms with Crippen molar-refractivity contribution in [2.45, 2.75) is 45.8 Å². The molecule has 112 valence electrons. The first-order valence-electron chi connectivity index (χ1n) is 7.43. The van der Waals surface area contributed by atoms with Gasteiger partial charge in [0.25, 0.3) is 0 Å². The van der Waals surface area contributed by atoms with Gasteiger partial charge in [-0.1, -0.05) is 32.9 Å². The van der Waals surface area contributed by atoms with Gasteiger partial charge >= 0.3 is 0 Å². The largest absolute Gasteiger partial charge is 0.311 e. The number of benzene rings is 1. The van der Waals surface area contributed by atoms with Crippen molar-refractivity contribution < 1.29 is 8.78 Å². The van der Waals surface area contributed by atoms with E-state index >= 15 is 0 Å². The van der Waals surface area contributed by atoms with E-state index in [9.17, 15) is 8.78 Å². The zero-order valence-electron chi connectivity index (χ0n) is 12.5. The SMILES string of the molecule is CCC1CN(Cc2cccc(F)c2F)C(C(C)C)CN1. The molecular weight excluding hydrogens is 258 g/mol. The summed E-state index contributed by atoms with van der Waals surface area (Å²) in [6, 6.07) is 5.23. The van der Waals surface area contributed by atoms with Crippen LogP contribution in [0, 0.1) is 17.6 Å². The molecule has 1 fully saturated rings. The van der Waals surface area contributed by atoms with E-state index in [1.54, 1.807) is 12.1 Å². The van der Waals surface area contributed by atoms with Crippen LogP contribution in [-0.2, 0) is 6.54 Å². The van der Waals surface area contributed by atoms with Crippen LogP contribution in [0.15, 0.2) is 18.2 Å². The van der Waals surface area contributed by atoms with Gasteiger partial charge in [0.15, 0.2) is 11.6 Å². The minimum absolute atomic E-state index is 0.362. The van der Waals surface area contributed by atoms with E-state index in [0.29, 0.717) is 30.1 Å². The molecule has 1 N–H and O–H groups in total.